The van der Waals surface area contributed by atoms with Crippen molar-refractivity contribution < 1.29 is 0 Å². The molecule has 1 atom stereocenters. The summed E-state index contributed by atoms with van der Waals surface area (Å²) in [5.74, 6) is 0. The van der Waals surface area contributed by atoms with Gasteiger partial charge in [-0.2, -0.15) is 0 Å². The van der Waals surface area contributed by atoms with Crippen LogP contribution in [-0.4, -0.2) is 61.2 Å². The van der Waals surface area contributed by atoms with Crippen molar-refractivity contribution in [1.82, 2.24) is 15.1 Å². The molecule has 1 N–H and O–H groups in total. The van der Waals surface area contributed by atoms with E-state index in [-0.39, 0.29) is 5.54 Å². The molecular weight excluding hydrogens is 258 g/mol. The zero-order valence-corrected chi connectivity index (χ0v) is 15.0. The van der Waals surface area contributed by atoms with Crippen LogP contribution in [-0.2, 0) is 0 Å². The summed E-state index contributed by atoms with van der Waals surface area (Å²) in [6.07, 6.45) is 7.11. The van der Waals surface area contributed by atoms with E-state index in [1.807, 2.05) is 0 Å². The second-order valence-electron chi connectivity index (χ2n) is 8.75. The van der Waals surface area contributed by atoms with E-state index < -0.39 is 0 Å². The molecule has 0 radical (unpaired) electrons. The van der Waals surface area contributed by atoms with Crippen molar-refractivity contribution in [2.45, 2.75) is 71.4 Å². The Morgan fingerprint density at radius 1 is 1.10 bits per heavy atom. The molecule has 3 heteroatoms. The zero-order chi connectivity index (χ0) is 15.5. The first-order valence-corrected chi connectivity index (χ1v) is 8.97. The minimum absolute atomic E-state index is 0.234. The maximum Gasteiger partial charge on any atom is 0.0195 e. The fourth-order valence-corrected chi connectivity index (χ4v) is 3.99. The maximum absolute atomic E-state index is 3.81. The van der Waals surface area contributed by atoms with E-state index in [9.17, 15) is 0 Å². The molecule has 2 fully saturated rings. The number of nitrogens with one attached hydrogen (secondary N) is 1. The van der Waals surface area contributed by atoms with Crippen LogP contribution in [0.25, 0.3) is 0 Å². The van der Waals surface area contributed by atoms with Crippen LogP contribution in [0.4, 0.5) is 0 Å². The summed E-state index contributed by atoms with van der Waals surface area (Å²) in [6.45, 7) is 15.5. The lowest BCUT2D eigenvalue weighted by atomic mass is 9.73. The molecule has 1 unspecified atom stereocenters. The fraction of sp³-hybridized carbons (Fsp3) is 1.00. The van der Waals surface area contributed by atoms with Crippen molar-refractivity contribution >= 4 is 0 Å². The van der Waals surface area contributed by atoms with Crippen LogP contribution in [0.15, 0.2) is 0 Å². The summed E-state index contributed by atoms with van der Waals surface area (Å²) >= 11 is 0. The van der Waals surface area contributed by atoms with Crippen LogP contribution >= 0.6 is 0 Å². The van der Waals surface area contributed by atoms with Gasteiger partial charge in [0, 0.05) is 44.3 Å². The molecule has 1 saturated carbocycles. The normalized spacial score (nSPS) is 28.7. The largest absolute Gasteiger partial charge is 0.311 e. The number of hydrogen-bond acceptors (Lipinski definition) is 3. The van der Waals surface area contributed by atoms with Crippen LogP contribution < -0.4 is 5.32 Å². The second kappa shape index (κ2) is 6.97. The highest BCUT2D eigenvalue weighted by Crippen LogP contribution is 2.37. The van der Waals surface area contributed by atoms with Crippen molar-refractivity contribution in [3.63, 3.8) is 0 Å². The van der Waals surface area contributed by atoms with E-state index in [2.05, 4.69) is 49.9 Å². The molecule has 0 aromatic carbocycles. The van der Waals surface area contributed by atoms with Crippen LogP contribution in [0.2, 0.25) is 0 Å². The molecule has 1 saturated heterocycles. The summed E-state index contributed by atoms with van der Waals surface area (Å²) in [5, 5.41) is 3.81. The summed E-state index contributed by atoms with van der Waals surface area (Å²) < 4.78 is 0. The molecule has 1 aliphatic heterocycles. The Bertz CT molecular complexity index is 315. The Morgan fingerprint density at radius 2 is 1.76 bits per heavy atom. The molecule has 2 aliphatic rings. The summed E-state index contributed by atoms with van der Waals surface area (Å²) in [6, 6.07) is 0.706. The highest BCUT2D eigenvalue weighted by Gasteiger charge is 2.36. The maximum atomic E-state index is 3.81. The van der Waals surface area contributed by atoms with E-state index in [1.165, 1.54) is 64.8 Å². The lowest BCUT2D eigenvalue weighted by Gasteiger charge is -2.47. The monoisotopic (exact) mass is 295 g/mol. The van der Waals surface area contributed by atoms with Gasteiger partial charge in [0.2, 0.25) is 0 Å². The fourth-order valence-electron chi connectivity index (χ4n) is 3.99. The van der Waals surface area contributed by atoms with Gasteiger partial charge in [0.25, 0.3) is 0 Å². The van der Waals surface area contributed by atoms with Crippen molar-refractivity contribution in [3.8, 4) is 0 Å². The Labute approximate surface area is 132 Å². The van der Waals surface area contributed by atoms with Crippen LogP contribution in [0.5, 0.6) is 0 Å². The number of nitrogens with zero attached hydrogens (tertiary/aromatic N) is 2. The second-order valence-corrected chi connectivity index (χ2v) is 8.75. The summed E-state index contributed by atoms with van der Waals surface area (Å²) in [7, 11) is 2.26. The van der Waals surface area contributed by atoms with Gasteiger partial charge in [0.05, 0.1) is 0 Å². The summed E-state index contributed by atoms with van der Waals surface area (Å²) in [5.41, 5.74) is 0.744. The van der Waals surface area contributed by atoms with Crippen molar-refractivity contribution in [2.24, 2.45) is 5.41 Å². The molecule has 3 nitrogen and oxygen atoms in total. The topological polar surface area (TPSA) is 18.5 Å². The molecule has 1 aliphatic carbocycles. The smallest absolute Gasteiger partial charge is 0.0195 e. The third kappa shape index (κ3) is 5.22. The van der Waals surface area contributed by atoms with Crippen molar-refractivity contribution in [3.05, 3.63) is 0 Å². The van der Waals surface area contributed by atoms with Gasteiger partial charge < -0.3 is 10.2 Å². The molecule has 0 aromatic rings. The van der Waals surface area contributed by atoms with Gasteiger partial charge >= 0.3 is 0 Å². The average molecular weight is 296 g/mol. The van der Waals surface area contributed by atoms with Crippen LogP contribution in [0.3, 0.4) is 0 Å². The molecular formula is C18H37N3. The van der Waals surface area contributed by atoms with Crippen LogP contribution in [0.1, 0.15) is 59.8 Å². The van der Waals surface area contributed by atoms with Gasteiger partial charge in [0.1, 0.15) is 0 Å². The Hall–Kier alpha value is -0.120. The van der Waals surface area contributed by atoms with E-state index in [0.29, 0.717) is 11.5 Å². The molecule has 21 heavy (non-hydrogen) atoms. The predicted octanol–water partition coefficient (Wildman–Crippen LogP) is 2.96. The van der Waals surface area contributed by atoms with Crippen LogP contribution in [0, 0.1) is 5.41 Å². The molecule has 124 valence electrons. The average Bonchev–Trinajstić information content (AvgIpc) is 2.41. The molecule has 1 heterocycles. The number of piperazine rings is 1. The molecule has 0 spiro atoms. The highest BCUT2D eigenvalue weighted by molar-refractivity contribution is 4.92. The summed E-state index contributed by atoms with van der Waals surface area (Å²) in [4.78, 5) is 5.23. The molecule has 2 rings (SSSR count). The van der Waals surface area contributed by atoms with E-state index in [4.69, 9.17) is 0 Å². The number of rotatable bonds is 4. The SMILES string of the molecule is CC1CN(C)CCN1CC1(CNC(C)(C)C)CCCCC1. The van der Waals surface area contributed by atoms with Crippen molar-refractivity contribution in [1.29, 1.82) is 0 Å². The first-order chi connectivity index (χ1) is 9.80. The Kier molecular flexibility index (Phi) is 5.72. The lowest BCUT2D eigenvalue weighted by Crippen LogP contribution is -2.56. The van der Waals surface area contributed by atoms with E-state index in [1.54, 1.807) is 0 Å². The highest BCUT2D eigenvalue weighted by atomic mass is 15.3. The molecule has 0 bridgehead atoms. The standard InChI is InChI=1S/C18H37N3/c1-16-13-20(5)11-12-21(16)15-18(9-7-6-8-10-18)14-19-17(2,3)4/h16,19H,6-15H2,1-5H3. The predicted molar refractivity (Wildman–Crippen MR) is 91.8 cm³/mol. The first-order valence-electron chi connectivity index (χ1n) is 8.97. The van der Waals surface area contributed by atoms with Gasteiger partial charge in [-0.25, -0.2) is 0 Å². The van der Waals surface area contributed by atoms with Gasteiger partial charge in [-0.3, -0.25) is 4.90 Å². The minimum atomic E-state index is 0.234. The molecule has 0 amide bonds. The van der Waals surface area contributed by atoms with Gasteiger partial charge in [-0.05, 0) is 53.0 Å². The zero-order valence-electron chi connectivity index (χ0n) is 15.0. The quantitative estimate of drug-likeness (QED) is 0.860. The number of hydrogen-bond donors (Lipinski definition) is 1. The lowest BCUT2D eigenvalue weighted by molar-refractivity contribution is 0.0337. The van der Waals surface area contributed by atoms with E-state index in [0.717, 1.165) is 0 Å². The first kappa shape index (κ1) is 17.2. The van der Waals surface area contributed by atoms with Gasteiger partial charge in [0.15, 0.2) is 0 Å². The van der Waals surface area contributed by atoms with Gasteiger partial charge in [-0.15, -0.1) is 0 Å². The number of likely N-dealkylation sites (N-methyl/N-ethyl adjacent to an activating group) is 1. The molecule has 0 aromatic heterocycles. The van der Waals surface area contributed by atoms with Crippen molar-refractivity contribution in [2.75, 3.05) is 39.8 Å². The minimum Gasteiger partial charge on any atom is -0.311 e. The Morgan fingerprint density at radius 3 is 2.33 bits per heavy atom. The van der Waals surface area contributed by atoms with Gasteiger partial charge in [-0.1, -0.05) is 19.3 Å². The van der Waals surface area contributed by atoms with E-state index >= 15 is 0 Å². The Balaban J connectivity index is 1.98. The third-order valence-corrected chi connectivity index (χ3v) is 5.41. The third-order valence-electron chi connectivity index (χ3n) is 5.41.